The predicted octanol–water partition coefficient (Wildman–Crippen LogP) is 2.49. The molecule has 2 heterocycles. The molecule has 1 atom stereocenters. The highest BCUT2D eigenvalue weighted by Gasteiger charge is 2.32. The maximum atomic E-state index is 12.1. The number of halogens is 1. The average Bonchev–Trinajstić information content (AvgIpc) is 2.77. The Bertz CT molecular complexity index is 538. The summed E-state index contributed by atoms with van der Waals surface area (Å²) in [6.07, 6.45) is 0.471. The number of aromatic nitrogens is 1. The first-order valence-corrected chi connectivity index (χ1v) is 7.93. The van der Waals surface area contributed by atoms with Crippen LogP contribution in [0.2, 0.25) is 0 Å². The standard InChI is InChI=1S/C13H15BrN2O3S/c1-8(17)20-7-9-5-12(18)16(6-9)10-3-4-11(19-2)15-13(10)14/h3-4,9H,5-7H2,1-2H3. The van der Waals surface area contributed by atoms with Crippen molar-refractivity contribution in [3.05, 3.63) is 16.7 Å². The van der Waals surface area contributed by atoms with Gasteiger partial charge in [0.25, 0.3) is 0 Å². The zero-order valence-electron chi connectivity index (χ0n) is 11.3. The Morgan fingerprint density at radius 1 is 1.60 bits per heavy atom. The van der Waals surface area contributed by atoms with E-state index < -0.39 is 0 Å². The quantitative estimate of drug-likeness (QED) is 0.773. The number of nitrogens with zero attached hydrogens (tertiary/aromatic N) is 2. The summed E-state index contributed by atoms with van der Waals surface area (Å²) in [5.41, 5.74) is 0.742. The number of amides is 1. The molecule has 0 aromatic carbocycles. The van der Waals surface area contributed by atoms with E-state index >= 15 is 0 Å². The fraction of sp³-hybridized carbons (Fsp3) is 0.462. The lowest BCUT2D eigenvalue weighted by Crippen LogP contribution is -2.25. The summed E-state index contributed by atoms with van der Waals surface area (Å²) in [6, 6.07) is 3.54. The van der Waals surface area contributed by atoms with E-state index in [4.69, 9.17) is 4.74 Å². The number of thioether (sulfide) groups is 1. The summed E-state index contributed by atoms with van der Waals surface area (Å²) >= 11 is 4.64. The molecule has 5 nitrogen and oxygen atoms in total. The minimum absolute atomic E-state index is 0.0619. The molecule has 1 fully saturated rings. The third-order valence-corrected chi connectivity index (χ3v) is 4.66. The molecule has 2 rings (SSSR count). The van der Waals surface area contributed by atoms with Gasteiger partial charge in [-0.15, -0.1) is 0 Å². The smallest absolute Gasteiger partial charge is 0.227 e. The third kappa shape index (κ3) is 3.52. The second-order valence-corrected chi connectivity index (χ2v) is 6.49. The molecule has 0 spiro atoms. The normalized spacial score (nSPS) is 18.4. The van der Waals surface area contributed by atoms with Crippen molar-refractivity contribution >= 4 is 44.4 Å². The van der Waals surface area contributed by atoms with Gasteiger partial charge < -0.3 is 9.64 Å². The minimum atomic E-state index is 0.0619. The first-order chi connectivity index (χ1) is 9.51. The third-order valence-electron chi connectivity index (χ3n) is 3.03. The maximum Gasteiger partial charge on any atom is 0.227 e. The predicted molar refractivity (Wildman–Crippen MR) is 82.1 cm³/mol. The molecule has 0 N–H and O–H groups in total. The van der Waals surface area contributed by atoms with Crippen LogP contribution in [0.15, 0.2) is 16.7 Å². The van der Waals surface area contributed by atoms with Crippen LogP contribution in [0, 0.1) is 5.92 Å². The van der Waals surface area contributed by atoms with E-state index in [9.17, 15) is 9.59 Å². The molecule has 20 heavy (non-hydrogen) atoms. The second-order valence-electron chi connectivity index (χ2n) is 4.54. The minimum Gasteiger partial charge on any atom is -0.481 e. The molecular weight excluding hydrogens is 344 g/mol. The number of pyridine rings is 1. The van der Waals surface area contributed by atoms with Crippen molar-refractivity contribution in [1.82, 2.24) is 4.98 Å². The number of anilines is 1. The molecule has 1 aliphatic rings. The van der Waals surface area contributed by atoms with Gasteiger partial charge in [0.15, 0.2) is 5.12 Å². The van der Waals surface area contributed by atoms with Gasteiger partial charge in [0, 0.05) is 31.7 Å². The number of carbonyl (C=O) groups excluding carboxylic acids is 2. The summed E-state index contributed by atoms with van der Waals surface area (Å²) in [7, 11) is 1.55. The Morgan fingerprint density at radius 2 is 2.35 bits per heavy atom. The fourth-order valence-electron chi connectivity index (χ4n) is 2.09. The highest BCUT2D eigenvalue weighted by molar-refractivity contribution is 9.10. The van der Waals surface area contributed by atoms with E-state index in [2.05, 4.69) is 20.9 Å². The Labute approximate surface area is 130 Å². The molecule has 108 valence electrons. The summed E-state index contributed by atoms with van der Waals surface area (Å²) in [4.78, 5) is 29.0. The Morgan fingerprint density at radius 3 is 2.95 bits per heavy atom. The number of hydrogen-bond donors (Lipinski definition) is 0. The monoisotopic (exact) mass is 358 g/mol. The Kier molecular flexibility index (Phi) is 5.04. The van der Waals surface area contributed by atoms with Gasteiger partial charge in [0.05, 0.1) is 12.8 Å². The van der Waals surface area contributed by atoms with E-state index in [1.807, 2.05) is 6.07 Å². The zero-order valence-corrected chi connectivity index (χ0v) is 13.7. The van der Waals surface area contributed by atoms with Crippen molar-refractivity contribution < 1.29 is 14.3 Å². The van der Waals surface area contributed by atoms with Gasteiger partial charge in [-0.05, 0) is 27.9 Å². The van der Waals surface area contributed by atoms with Gasteiger partial charge in [-0.2, -0.15) is 0 Å². The van der Waals surface area contributed by atoms with E-state index in [-0.39, 0.29) is 16.9 Å². The van der Waals surface area contributed by atoms with Gasteiger partial charge in [-0.1, -0.05) is 11.8 Å². The molecule has 1 aliphatic heterocycles. The molecule has 1 aromatic rings. The van der Waals surface area contributed by atoms with Crippen LogP contribution < -0.4 is 9.64 Å². The lowest BCUT2D eigenvalue weighted by molar-refractivity contribution is -0.117. The van der Waals surface area contributed by atoms with Gasteiger partial charge in [-0.3, -0.25) is 9.59 Å². The van der Waals surface area contributed by atoms with Gasteiger partial charge in [0.2, 0.25) is 11.8 Å². The van der Waals surface area contributed by atoms with Crippen molar-refractivity contribution in [3.63, 3.8) is 0 Å². The van der Waals surface area contributed by atoms with Crippen LogP contribution >= 0.6 is 27.7 Å². The largest absolute Gasteiger partial charge is 0.481 e. The fourth-order valence-corrected chi connectivity index (χ4v) is 3.30. The van der Waals surface area contributed by atoms with Crippen molar-refractivity contribution in [2.75, 3.05) is 24.3 Å². The zero-order chi connectivity index (χ0) is 14.7. The molecule has 1 saturated heterocycles. The van der Waals surface area contributed by atoms with Gasteiger partial charge in [0.1, 0.15) is 4.60 Å². The van der Waals surface area contributed by atoms with E-state index in [1.165, 1.54) is 11.8 Å². The van der Waals surface area contributed by atoms with Crippen molar-refractivity contribution in [3.8, 4) is 5.88 Å². The van der Waals surface area contributed by atoms with E-state index in [1.54, 1.807) is 25.0 Å². The molecule has 1 unspecified atom stereocenters. The molecule has 0 radical (unpaired) electrons. The Balaban J connectivity index is 2.09. The lowest BCUT2D eigenvalue weighted by atomic mass is 10.1. The van der Waals surface area contributed by atoms with Crippen LogP contribution in [0.1, 0.15) is 13.3 Å². The van der Waals surface area contributed by atoms with Crippen molar-refractivity contribution in [1.29, 1.82) is 0 Å². The second kappa shape index (κ2) is 6.58. The molecule has 1 amide bonds. The summed E-state index contributed by atoms with van der Waals surface area (Å²) in [5, 5.41) is 0.0863. The van der Waals surface area contributed by atoms with Crippen LogP contribution in [0.25, 0.3) is 0 Å². The van der Waals surface area contributed by atoms with Crippen molar-refractivity contribution in [2.45, 2.75) is 13.3 Å². The summed E-state index contributed by atoms with van der Waals surface area (Å²) in [6.45, 7) is 2.16. The molecule has 1 aromatic heterocycles. The molecule has 0 aliphatic carbocycles. The molecule has 0 bridgehead atoms. The van der Waals surface area contributed by atoms with E-state index in [0.29, 0.717) is 29.2 Å². The summed E-state index contributed by atoms with van der Waals surface area (Å²) in [5.74, 6) is 1.44. The molecular formula is C13H15BrN2O3S. The SMILES string of the molecule is COc1ccc(N2CC(CSC(C)=O)CC2=O)c(Br)n1. The maximum absolute atomic E-state index is 12.1. The van der Waals surface area contributed by atoms with Gasteiger partial charge >= 0.3 is 0 Å². The van der Waals surface area contributed by atoms with Crippen LogP contribution in [0.3, 0.4) is 0 Å². The van der Waals surface area contributed by atoms with Crippen molar-refractivity contribution in [2.24, 2.45) is 5.92 Å². The Hall–Kier alpha value is -1.08. The average molecular weight is 359 g/mol. The summed E-state index contributed by atoms with van der Waals surface area (Å²) < 4.78 is 5.63. The van der Waals surface area contributed by atoms with Crippen LogP contribution in [-0.2, 0) is 9.59 Å². The number of rotatable bonds is 4. The molecule has 7 heteroatoms. The lowest BCUT2D eigenvalue weighted by Gasteiger charge is -2.18. The first-order valence-electron chi connectivity index (χ1n) is 6.15. The van der Waals surface area contributed by atoms with Gasteiger partial charge in [-0.25, -0.2) is 4.98 Å². The number of carbonyl (C=O) groups is 2. The van der Waals surface area contributed by atoms with Crippen LogP contribution in [-0.4, -0.2) is 35.4 Å². The number of ether oxygens (including phenoxy) is 1. The highest BCUT2D eigenvalue weighted by atomic mass is 79.9. The topological polar surface area (TPSA) is 59.5 Å². The first kappa shape index (κ1) is 15.3. The van der Waals surface area contributed by atoms with Crippen LogP contribution in [0.4, 0.5) is 5.69 Å². The number of hydrogen-bond acceptors (Lipinski definition) is 5. The number of methoxy groups -OCH3 is 1. The highest BCUT2D eigenvalue weighted by Crippen LogP contribution is 2.32. The molecule has 0 saturated carbocycles. The van der Waals surface area contributed by atoms with Crippen LogP contribution in [0.5, 0.6) is 5.88 Å². The van der Waals surface area contributed by atoms with E-state index in [0.717, 1.165) is 5.69 Å².